The molecule has 0 radical (unpaired) electrons. The summed E-state index contributed by atoms with van der Waals surface area (Å²) in [7, 11) is 0. The van der Waals surface area contributed by atoms with E-state index in [4.69, 9.17) is 4.74 Å². The Morgan fingerprint density at radius 2 is 1.50 bits per heavy atom. The average molecular weight is 383 g/mol. The minimum atomic E-state index is -1.14. The summed E-state index contributed by atoms with van der Waals surface area (Å²) < 4.78 is 5.65. The number of carboxylic acid groups (broad SMARTS) is 1. The zero-order valence-electron chi connectivity index (χ0n) is 15.6. The first-order valence-electron chi connectivity index (χ1n) is 9.40. The molecule has 1 fully saturated rings. The van der Waals surface area contributed by atoms with Gasteiger partial charge in [0, 0.05) is 38.6 Å². The van der Waals surface area contributed by atoms with Crippen LogP contribution in [0.3, 0.4) is 0 Å². The standard InChI is InChI=1S/C21H24N2O5/c24-19(6-3-7-21(26)27)22-10-12-23(13-11-22)20(25)15-28-18-9-8-16-4-1-2-5-17(16)14-18/h1-2,4-5,8-9,14H,3,6-7,10-13,15H2,(H,26,27)/p-1. The van der Waals surface area contributed by atoms with Crippen molar-refractivity contribution < 1.29 is 24.2 Å². The summed E-state index contributed by atoms with van der Waals surface area (Å²) >= 11 is 0. The minimum Gasteiger partial charge on any atom is -0.550 e. The molecule has 28 heavy (non-hydrogen) atoms. The van der Waals surface area contributed by atoms with Gasteiger partial charge in [0.2, 0.25) is 5.91 Å². The number of nitrogens with zero attached hydrogens (tertiary/aromatic N) is 2. The van der Waals surface area contributed by atoms with Gasteiger partial charge in [-0.25, -0.2) is 0 Å². The number of carbonyl (C=O) groups excluding carboxylic acids is 3. The van der Waals surface area contributed by atoms with Crippen molar-refractivity contribution in [3.63, 3.8) is 0 Å². The first-order chi connectivity index (χ1) is 13.5. The molecule has 0 spiro atoms. The molecule has 2 amide bonds. The summed E-state index contributed by atoms with van der Waals surface area (Å²) in [6.07, 6.45) is 0.350. The van der Waals surface area contributed by atoms with E-state index < -0.39 is 5.97 Å². The summed E-state index contributed by atoms with van der Waals surface area (Å²) in [4.78, 5) is 38.2. The molecule has 1 heterocycles. The van der Waals surface area contributed by atoms with Crippen LogP contribution < -0.4 is 9.84 Å². The Morgan fingerprint density at radius 1 is 0.857 bits per heavy atom. The topological polar surface area (TPSA) is 90.0 Å². The summed E-state index contributed by atoms with van der Waals surface area (Å²) in [6, 6.07) is 13.7. The highest BCUT2D eigenvalue weighted by Crippen LogP contribution is 2.20. The maximum Gasteiger partial charge on any atom is 0.260 e. The third kappa shape index (κ3) is 5.22. The SMILES string of the molecule is O=C([O-])CCCC(=O)N1CCN(C(=O)COc2ccc3ccccc3c2)CC1. The van der Waals surface area contributed by atoms with Crippen molar-refractivity contribution in [2.24, 2.45) is 0 Å². The lowest BCUT2D eigenvalue weighted by molar-refractivity contribution is -0.305. The van der Waals surface area contributed by atoms with Crippen molar-refractivity contribution in [1.82, 2.24) is 9.80 Å². The first kappa shape index (κ1) is 19.7. The fourth-order valence-corrected chi connectivity index (χ4v) is 3.24. The molecular formula is C21H23N2O5-. The van der Waals surface area contributed by atoms with Crippen molar-refractivity contribution in [1.29, 1.82) is 0 Å². The summed E-state index contributed by atoms with van der Waals surface area (Å²) in [5.41, 5.74) is 0. The van der Waals surface area contributed by atoms with Crippen LogP contribution in [-0.2, 0) is 14.4 Å². The molecular weight excluding hydrogens is 360 g/mol. The van der Waals surface area contributed by atoms with E-state index in [0.717, 1.165) is 10.8 Å². The molecule has 2 aromatic rings. The van der Waals surface area contributed by atoms with Crippen LogP contribution in [0.1, 0.15) is 19.3 Å². The van der Waals surface area contributed by atoms with Gasteiger partial charge in [-0.05, 0) is 35.7 Å². The van der Waals surface area contributed by atoms with Crippen molar-refractivity contribution in [3.05, 3.63) is 42.5 Å². The maximum absolute atomic E-state index is 12.4. The van der Waals surface area contributed by atoms with Gasteiger partial charge in [0.15, 0.2) is 6.61 Å². The van der Waals surface area contributed by atoms with Gasteiger partial charge in [-0.3, -0.25) is 9.59 Å². The summed E-state index contributed by atoms with van der Waals surface area (Å²) in [5.74, 6) is -0.693. The molecule has 0 atom stereocenters. The van der Waals surface area contributed by atoms with E-state index >= 15 is 0 Å². The predicted octanol–water partition coefficient (Wildman–Crippen LogP) is 0.810. The van der Waals surface area contributed by atoms with Crippen LogP contribution >= 0.6 is 0 Å². The van der Waals surface area contributed by atoms with E-state index in [1.54, 1.807) is 9.80 Å². The molecule has 0 aromatic heterocycles. The molecule has 1 aliphatic heterocycles. The lowest BCUT2D eigenvalue weighted by atomic mass is 10.1. The second kappa shape index (κ2) is 9.21. The molecule has 0 N–H and O–H groups in total. The van der Waals surface area contributed by atoms with Gasteiger partial charge >= 0.3 is 0 Å². The number of amides is 2. The fourth-order valence-electron chi connectivity index (χ4n) is 3.24. The third-order valence-corrected chi connectivity index (χ3v) is 4.84. The molecule has 0 saturated carbocycles. The Balaban J connectivity index is 1.43. The number of ether oxygens (including phenoxy) is 1. The van der Waals surface area contributed by atoms with Gasteiger partial charge < -0.3 is 24.4 Å². The van der Waals surface area contributed by atoms with E-state index in [9.17, 15) is 19.5 Å². The van der Waals surface area contributed by atoms with Gasteiger partial charge in [-0.2, -0.15) is 0 Å². The van der Waals surface area contributed by atoms with Crippen LogP contribution in [0.2, 0.25) is 0 Å². The minimum absolute atomic E-state index is 0.0438. The number of fused-ring (bicyclic) bond motifs is 1. The lowest BCUT2D eigenvalue weighted by Gasteiger charge is -2.34. The van der Waals surface area contributed by atoms with Gasteiger partial charge in [0.05, 0.1) is 0 Å². The summed E-state index contributed by atoms with van der Waals surface area (Å²) in [5, 5.41) is 12.6. The van der Waals surface area contributed by atoms with Gasteiger partial charge in [0.1, 0.15) is 5.75 Å². The molecule has 0 aliphatic carbocycles. The Bertz CT molecular complexity index is 859. The number of carbonyl (C=O) groups is 3. The zero-order valence-corrected chi connectivity index (χ0v) is 15.6. The number of carboxylic acids is 1. The first-order valence-corrected chi connectivity index (χ1v) is 9.40. The van der Waals surface area contributed by atoms with E-state index in [2.05, 4.69) is 0 Å². The molecule has 7 heteroatoms. The molecule has 0 unspecified atom stereocenters. The monoisotopic (exact) mass is 383 g/mol. The number of piperazine rings is 1. The molecule has 7 nitrogen and oxygen atoms in total. The lowest BCUT2D eigenvalue weighted by Crippen LogP contribution is -2.51. The third-order valence-electron chi connectivity index (χ3n) is 4.84. The number of benzene rings is 2. The van der Waals surface area contributed by atoms with Crippen molar-refractivity contribution in [3.8, 4) is 5.75 Å². The zero-order chi connectivity index (χ0) is 19.9. The van der Waals surface area contributed by atoms with E-state index in [0.29, 0.717) is 31.9 Å². The van der Waals surface area contributed by atoms with Crippen LogP contribution in [0.4, 0.5) is 0 Å². The molecule has 1 saturated heterocycles. The number of rotatable bonds is 7. The maximum atomic E-state index is 12.4. The van der Waals surface area contributed by atoms with Gasteiger partial charge in [-0.1, -0.05) is 30.3 Å². The highest BCUT2D eigenvalue weighted by Gasteiger charge is 2.24. The molecule has 1 aliphatic rings. The van der Waals surface area contributed by atoms with Crippen molar-refractivity contribution in [2.45, 2.75) is 19.3 Å². The van der Waals surface area contributed by atoms with Crippen LogP contribution in [0.5, 0.6) is 5.75 Å². The van der Waals surface area contributed by atoms with E-state index in [-0.39, 0.29) is 37.7 Å². The predicted molar refractivity (Wildman–Crippen MR) is 101 cm³/mol. The van der Waals surface area contributed by atoms with Crippen LogP contribution in [-0.4, -0.2) is 60.4 Å². The second-order valence-corrected chi connectivity index (χ2v) is 6.78. The van der Waals surface area contributed by atoms with Crippen molar-refractivity contribution >= 4 is 28.6 Å². The van der Waals surface area contributed by atoms with Gasteiger partial charge in [0.25, 0.3) is 5.91 Å². The molecule has 2 aromatic carbocycles. The number of hydrogen-bond donors (Lipinski definition) is 0. The van der Waals surface area contributed by atoms with E-state index in [1.165, 1.54) is 0 Å². The molecule has 3 rings (SSSR count). The molecule has 148 valence electrons. The normalized spacial score (nSPS) is 14.1. The summed E-state index contributed by atoms with van der Waals surface area (Å²) in [6.45, 7) is 1.76. The molecule has 0 bridgehead atoms. The quantitative estimate of drug-likeness (QED) is 0.706. The highest BCUT2D eigenvalue weighted by molar-refractivity contribution is 5.84. The highest BCUT2D eigenvalue weighted by atomic mass is 16.5. The van der Waals surface area contributed by atoms with E-state index in [1.807, 2.05) is 42.5 Å². The van der Waals surface area contributed by atoms with Crippen LogP contribution in [0, 0.1) is 0 Å². The average Bonchev–Trinajstić information content (AvgIpc) is 2.71. The Morgan fingerprint density at radius 3 is 2.18 bits per heavy atom. The number of hydrogen-bond acceptors (Lipinski definition) is 5. The van der Waals surface area contributed by atoms with Crippen LogP contribution in [0.25, 0.3) is 10.8 Å². The second-order valence-electron chi connectivity index (χ2n) is 6.78. The van der Waals surface area contributed by atoms with Crippen molar-refractivity contribution in [2.75, 3.05) is 32.8 Å². The largest absolute Gasteiger partial charge is 0.550 e. The smallest absolute Gasteiger partial charge is 0.260 e. The Kier molecular flexibility index (Phi) is 6.47. The Labute approximate surface area is 163 Å². The fraction of sp³-hybridized carbons (Fsp3) is 0.381. The number of aliphatic carboxylic acids is 1. The van der Waals surface area contributed by atoms with Crippen LogP contribution in [0.15, 0.2) is 42.5 Å². The van der Waals surface area contributed by atoms with Gasteiger partial charge in [-0.15, -0.1) is 0 Å². The Hall–Kier alpha value is -3.09.